The van der Waals surface area contributed by atoms with Crippen molar-refractivity contribution in [3.63, 3.8) is 0 Å². The molecule has 0 unspecified atom stereocenters. The Morgan fingerprint density at radius 1 is 1.04 bits per heavy atom. The number of carbonyl (C=O) groups is 1. The van der Waals surface area contributed by atoms with Gasteiger partial charge in [-0.25, -0.2) is 8.78 Å². The monoisotopic (exact) mass is 348 g/mol. The van der Waals surface area contributed by atoms with Crippen molar-refractivity contribution in [1.82, 2.24) is 0 Å². The van der Waals surface area contributed by atoms with E-state index in [0.717, 1.165) is 6.07 Å². The maximum Gasteiger partial charge on any atom is 0.208 e. The van der Waals surface area contributed by atoms with Gasteiger partial charge in [-0.3, -0.25) is 4.79 Å². The van der Waals surface area contributed by atoms with E-state index >= 15 is 0 Å². The van der Waals surface area contributed by atoms with Crippen LogP contribution in [0.25, 0.3) is 0 Å². The lowest BCUT2D eigenvalue weighted by molar-refractivity contribution is 0.106. The Kier molecular flexibility index (Phi) is 5.93. The Morgan fingerprint density at radius 2 is 1.71 bits per heavy atom. The van der Waals surface area contributed by atoms with Gasteiger partial charge in [0.15, 0.2) is 0 Å². The Labute approximate surface area is 143 Å². The fourth-order valence-electron chi connectivity index (χ4n) is 1.99. The van der Waals surface area contributed by atoms with Gasteiger partial charge in [0.2, 0.25) is 5.78 Å². The molecule has 2 aromatic carbocycles. The molecule has 24 heavy (non-hydrogen) atoms. The van der Waals surface area contributed by atoms with Crippen molar-refractivity contribution in [2.75, 3.05) is 0 Å². The topological polar surface area (TPSA) is 41.8 Å². The molecule has 2 rings (SSSR count). The van der Waals surface area contributed by atoms with Gasteiger partial charge < -0.3 is 0 Å². The summed E-state index contributed by atoms with van der Waals surface area (Å²) in [6.07, 6.45) is 0.179. The Bertz CT molecular complexity index is 814. The van der Waals surface area contributed by atoms with Gasteiger partial charge in [-0.1, -0.05) is 17.7 Å². The van der Waals surface area contributed by atoms with Crippen LogP contribution < -0.4 is 0 Å². The molecule has 6 heteroatoms. The number of carbonyl (C=O) groups excluding carboxylic acids is 1. The van der Waals surface area contributed by atoms with E-state index in [9.17, 15) is 13.6 Å². The molecule has 2 aromatic rings. The van der Waals surface area contributed by atoms with E-state index in [1.54, 1.807) is 38.1 Å². The van der Waals surface area contributed by atoms with Gasteiger partial charge >= 0.3 is 0 Å². The smallest absolute Gasteiger partial charge is 0.208 e. The molecule has 0 aromatic heterocycles. The van der Waals surface area contributed by atoms with Crippen LogP contribution >= 0.6 is 11.6 Å². The van der Waals surface area contributed by atoms with Crippen molar-refractivity contribution in [3.8, 4) is 0 Å². The molecule has 0 aliphatic carbocycles. The second-order valence-corrected chi connectivity index (χ2v) is 5.71. The highest BCUT2D eigenvalue weighted by Gasteiger charge is 2.10. The highest BCUT2D eigenvalue weighted by molar-refractivity contribution is 6.45. The van der Waals surface area contributed by atoms with Gasteiger partial charge in [-0.15, -0.1) is 0 Å². The largest absolute Gasteiger partial charge is 0.287 e. The summed E-state index contributed by atoms with van der Waals surface area (Å²) in [6, 6.07) is 9.81. The lowest BCUT2D eigenvalue weighted by atomic mass is 10.1. The zero-order chi connectivity index (χ0) is 17.7. The zero-order valence-electron chi connectivity index (χ0n) is 13.2. The molecule has 0 heterocycles. The van der Waals surface area contributed by atoms with Gasteiger partial charge in [-0.05, 0) is 49.7 Å². The Balaban J connectivity index is 2.10. The van der Waals surface area contributed by atoms with Crippen LogP contribution in [0.1, 0.15) is 29.8 Å². The summed E-state index contributed by atoms with van der Waals surface area (Å²) in [7, 11) is 0. The second-order valence-electron chi connectivity index (χ2n) is 5.27. The molecule has 0 bridgehead atoms. The highest BCUT2D eigenvalue weighted by Crippen LogP contribution is 2.12. The molecule has 0 aliphatic rings. The molecule has 3 nitrogen and oxygen atoms in total. The first-order valence-electron chi connectivity index (χ1n) is 7.18. The lowest BCUT2D eigenvalue weighted by Gasteiger charge is -2.02. The Morgan fingerprint density at radius 3 is 2.33 bits per heavy atom. The molecule has 0 atom stereocenters. The van der Waals surface area contributed by atoms with Gasteiger partial charge in [0.1, 0.15) is 17.3 Å². The van der Waals surface area contributed by atoms with Crippen LogP contribution in [0.4, 0.5) is 8.78 Å². The van der Waals surface area contributed by atoms with Crippen LogP contribution in [0, 0.1) is 11.6 Å². The van der Waals surface area contributed by atoms with E-state index in [1.807, 2.05) is 0 Å². The van der Waals surface area contributed by atoms with E-state index in [0.29, 0.717) is 21.9 Å². The summed E-state index contributed by atoms with van der Waals surface area (Å²) in [4.78, 5) is 12.2. The van der Waals surface area contributed by atoms with Crippen LogP contribution in [-0.2, 0) is 6.42 Å². The van der Waals surface area contributed by atoms with E-state index in [4.69, 9.17) is 11.6 Å². The summed E-state index contributed by atoms with van der Waals surface area (Å²) < 4.78 is 26.5. The summed E-state index contributed by atoms with van der Waals surface area (Å²) in [6.45, 7) is 3.21. The molecule has 124 valence electrons. The predicted octanol–water partition coefficient (Wildman–Crippen LogP) is 4.88. The number of Topliss-reactive ketones (excluding diaryl/α,β-unsaturated/α-hetero) is 1. The van der Waals surface area contributed by atoms with Crippen molar-refractivity contribution in [2.24, 2.45) is 10.2 Å². The zero-order valence-corrected chi connectivity index (χ0v) is 13.9. The minimum Gasteiger partial charge on any atom is -0.287 e. The van der Waals surface area contributed by atoms with Gasteiger partial charge in [0.05, 0.1) is 0 Å². The molecule has 0 saturated heterocycles. The third kappa shape index (κ3) is 4.80. The SMILES string of the molecule is C/C(Cc1ccc(F)cc1F)=N/N=C(/C)C(=O)c1ccc(Cl)cc1. The van der Waals surface area contributed by atoms with Gasteiger partial charge in [0, 0.05) is 28.8 Å². The predicted molar refractivity (Wildman–Crippen MR) is 92.1 cm³/mol. The molecule has 0 amide bonds. The molecule has 0 fully saturated rings. The maximum absolute atomic E-state index is 13.6. The number of rotatable bonds is 5. The summed E-state index contributed by atoms with van der Waals surface area (Å²) in [5.41, 5.74) is 1.48. The molecular formula is C18H15ClF2N2O. The third-order valence-electron chi connectivity index (χ3n) is 3.27. The maximum atomic E-state index is 13.6. The number of nitrogens with zero attached hydrogens (tertiary/aromatic N) is 2. The average molecular weight is 349 g/mol. The van der Waals surface area contributed by atoms with Crippen molar-refractivity contribution in [3.05, 3.63) is 70.2 Å². The molecular weight excluding hydrogens is 334 g/mol. The van der Waals surface area contributed by atoms with Crippen molar-refractivity contribution in [1.29, 1.82) is 0 Å². The van der Waals surface area contributed by atoms with E-state index in [-0.39, 0.29) is 17.9 Å². The molecule has 0 spiro atoms. The van der Waals surface area contributed by atoms with Crippen LogP contribution in [0.15, 0.2) is 52.7 Å². The highest BCUT2D eigenvalue weighted by atomic mass is 35.5. The fraction of sp³-hybridized carbons (Fsp3) is 0.167. The summed E-state index contributed by atoms with van der Waals surface area (Å²) in [5.74, 6) is -1.54. The summed E-state index contributed by atoms with van der Waals surface area (Å²) >= 11 is 5.78. The molecule has 0 radical (unpaired) electrons. The Hall–Kier alpha value is -2.40. The van der Waals surface area contributed by atoms with Gasteiger partial charge in [0.25, 0.3) is 0 Å². The first kappa shape index (κ1) is 17.9. The second kappa shape index (κ2) is 7.93. The van der Waals surface area contributed by atoms with Gasteiger partial charge in [-0.2, -0.15) is 10.2 Å². The van der Waals surface area contributed by atoms with Crippen LogP contribution in [0.2, 0.25) is 5.02 Å². The third-order valence-corrected chi connectivity index (χ3v) is 3.52. The fourth-order valence-corrected chi connectivity index (χ4v) is 2.12. The number of benzene rings is 2. The number of hydrogen-bond acceptors (Lipinski definition) is 3. The normalized spacial score (nSPS) is 12.4. The minimum atomic E-state index is -0.637. The first-order chi connectivity index (χ1) is 11.4. The van der Waals surface area contributed by atoms with E-state index < -0.39 is 11.6 Å². The van der Waals surface area contributed by atoms with Crippen LogP contribution in [0.5, 0.6) is 0 Å². The first-order valence-corrected chi connectivity index (χ1v) is 7.56. The molecule has 0 saturated carbocycles. The van der Waals surface area contributed by atoms with Crippen molar-refractivity contribution >= 4 is 28.8 Å². The van der Waals surface area contributed by atoms with Crippen molar-refractivity contribution < 1.29 is 13.6 Å². The van der Waals surface area contributed by atoms with Crippen LogP contribution in [0.3, 0.4) is 0 Å². The quantitative estimate of drug-likeness (QED) is 0.431. The number of halogens is 3. The van der Waals surface area contributed by atoms with E-state index in [2.05, 4.69) is 10.2 Å². The number of ketones is 1. The van der Waals surface area contributed by atoms with Crippen molar-refractivity contribution in [2.45, 2.75) is 20.3 Å². The molecule has 0 aliphatic heterocycles. The average Bonchev–Trinajstić information content (AvgIpc) is 2.55. The summed E-state index contributed by atoms with van der Waals surface area (Å²) in [5, 5.41) is 8.37. The lowest BCUT2D eigenvalue weighted by Crippen LogP contribution is -2.10. The number of hydrogen-bond donors (Lipinski definition) is 0. The standard InChI is InChI=1S/C18H15ClF2N2O/c1-11(9-14-5-8-16(20)10-17(14)21)22-23-12(2)18(24)13-3-6-15(19)7-4-13/h3-8,10H,9H2,1-2H3/b22-11-,23-12-. The van der Waals surface area contributed by atoms with E-state index in [1.165, 1.54) is 12.1 Å². The van der Waals surface area contributed by atoms with Crippen LogP contribution in [-0.4, -0.2) is 17.2 Å². The minimum absolute atomic E-state index is 0.179. The molecule has 0 N–H and O–H groups in total.